The maximum absolute atomic E-state index is 10.8. The van der Waals surface area contributed by atoms with Gasteiger partial charge in [0.15, 0.2) is 0 Å². The Morgan fingerprint density at radius 3 is 2.31 bits per heavy atom. The second-order valence-electron chi connectivity index (χ2n) is 3.85. The molecular weight excluding hydrogens is 164 g/mol. The molecule has 0 aromatic heterocycles. The van der Waals surface area contributed by atoms with Crippen molar-refractivity contribution in [2.24, 2.45) is 0 Å². The number of hydrogen-bond donors (Lipinski definition) is 0. The third kappa shape index (κ3) is 5.67. The van der Waals surface area contributed by atoms with Gasteiger partial charge in [-0.15, -0.1) is 0 Å². The number of rotatable bonds is 6. The van der Waals surface area contributed by atoms with E-state index in [1.165, 1.54) is 19.8 Å². The molecule has 0 bridgehead atoms. The lowest BCUT2D eigenvalue weighted by Crippen LogP contribution is -2.29. The zero-order valence-electron chi connectivity index (χ0n) is 9.35. The van der Waals surface area contributed by atoms with Crippen molar-refractivity contribution in [1.82, 2.24) is 0 Å². The van der Waals surface area contributed by atoms with Gasteiger partial charge in [0.2, 0.25) is 0 Å². The molecule has 0 heterocycles. The average molecular weight is 186 g/mol. The monoisotopic (exact) mass is 186 g/mol. The van der Waals surface area contributed by atoms with Crippen molar-refractivity contribution >= 4 is 5.97 Å². The predicted molar refractivity (Wildman–Crippen MR) is 54.6 cm³/mol. The Bertz CT molecular complexity index is 154. The molecule has 0 spiro atoms. The Morgan fingerprint density at radius 1 is 1.31 bits per heavy atom. The summed E-state index contributed by atoms with van der Waals surface area (Å²) in [7, 11) is 0. The van der Waals surface area contributed by atoms with Gasteiger partial charge in [-0.2, -0.15) is 0 Å². The second-order valence-corrected chi connectivity index (χ2v) is 3.85. The van der Waals surface area contributed by atoms with Crippen LogP contribution >= 0.6 is 0 Å². The van der Waals surface area contributed by atoms with Gasteiger partial charge in [0, 0.05) is 6.92 Å². The van der Waals surface area contributed by atoms with E-state index < -0.39 is 0 Å². The summed E-state index contributed by atoms with van der Waals surface area (Å²) in [5.41, 5.74) is -0.235. The zero-order chi connectivity index (χ0) is 10.3. The third-order valence-electron chi connectivity index (χ3n) is 2.45. The van der Waals surface area contributed by atoms with Gasteiger partial charge in [-0.3, -0.25) is 4.79 Å². The van der Waals surface area contributed by atoms with Crippen LogP contribution in [0.5, 0.6) is 0 Å². The van der Waals surface area contributed by atoms with Crippen molar-refractivity contribution in [3.8, 4) is 0 Å². The van der Waals surface area contributed by atoms with Crippen LogP contribution in [0.1, 0.15) is 59.8 Å². The largest absolute Gasteiger partial charge is 0.460 e. The molecule has 13 heavy (non-hydrogen) atoms. The SMILES string of the molecule is CCCCCC(C)(CC)OC(C)=O. The van der Waals surface area contributed by atoms with Gasteiger partial charge in [-0.1, -0.05) is 26.7 Å². The molecule has 2 nitrogen and oxygen atoms in total. The van der Waals surface area contributed by atoms with E-state index in [1.807, 2.05) is 6.92 Å². The van der Waals surface area contributed by atoms with E-state index in [2.05, 4.69) is 13.8 Å². The van der Waals surface area contributed by atoms with Gasteiger partial charge in [0.05, 0.1) is 0 Å². The van der Waals surface area contributed by atoms with E-state index in [-0.39, 0.29) is 11.6 Å². The predicted octanol–water partition coefficient (Wildman–Crippen LogP) is 3.30. The van der Waals surface area contributed by atoms with Crippen molar-refractivity contribution in [1.29, 1.82) is 0 Å². The summed E-state index contributed by atoms with van der Waals surface area (Å²) in [5.74, 6) is -0.166. The summed E-state index contributed by atoms with van der Waals surface area (Å²) in [6.45, 7) is 7.74. The fraction of sp³-hybridized carbons (Fsp3) is 0.909. The van der Waals surface area contributed by atoms with Gasteiger partial charge < -0.3 is 4.74 Å². The molecule has 0 aliphatic heterocycles. The Labute approximate surface area is 81.7 Å². The molecule has 1 unspecified atom stereocenters. The second kappa shape index (κ2) is 6.01. The van der Waals surface area contributed by atoms with Crippen LogP contribution in [-0.2, 0) is 9.53 Å². The number of ether oxygens (including phenoxy) is 1. The first kappa shape index (κ1) is 12.5. The maximum atomic E-state index is 10.8. The zero-order valence-corrected chi connectivity index (χ0v) is 9.35. The molecule has 0 fully saturated rings. The van der Waals surface area contributed by atoms with E-state index in [9.17, 15) is 4.79 Å². The number of esters is 1. The van der Waals surface area contributed by atoms with Crippen LogP contribution in [0.4, 0.5) is 0 Å². The van der Waals surface area contributed by atoms with Crippen LogP contribution in [0, 0.1) is 0 Å². The molecule has 0 aliphatic carbocycles. The smallest absolute Gasteiger partial charge is 0.303 e. The maximum Gasteiger partial charge on any atom is 0.303 e. The van der Waals surface area contributed by atoms with Gasteiger partial charge in [0.25, 0.3) is 0 Å². The lowest BCUT2D eigenvalue weighted by Gasteiger charge is -2.27. The third-order valence-corrected chi connectivity index (χ3v) is 2.45. The van der Waals surface area contributed by atoms with Crippen LogP contribution in [0.25, 0.3) is 0 Å². The van der Waals surface area contributed by atoms with Gasteiger partial charge in [-0.25, -0.2) is 0 Å². The number of carbonyl (C=O) groups excluding carboxylic acids is 1. The van der Waals surface area contributed by atoms with Gasteiger partial charge in [-0.05, 0) is 26.2 Å². The van der Waals surface area contributed by atoms with E-state index >= 15 is 0 Å². The lowest BCUT2D eigenvalue weighted by molar-refractivity contribution is -0.156. The van der Waals surface area contributed by atoms with Crippen LogP contribution < -0.4 is 0 Å². The molecule has 0 amide bonds. The van der Waals surface area contributed by atoms with E-state index in [0.717, 1.165) is 19.3 Å². The minimum Gasteiger partial charge on any atom is -0.460 e. The van der Waals surface area contributed by atoms with E-state index in [4.69, 9.17) is 4.74 Å². The fourth-order valence-corrected chi connectivity index (χ4v) is 1.40. The average Bonchev–Trinajstić information content (AvgIpc) is 2.04. The summed E-state index contributed by atoms with van der Waals surface area (Å²) in [5, 5.41) is 0. The molecule has 78 valence electrons. The first-order valence-electron chi connectivity index (χ1n) is 5.23. The van der Waals surface area contributed by atoms with Crippen LogP contribution in [0.15, 0.2) is 0 Å². The van der Waals surface area contributed by atoms with Crippen LogP contribution in [-0.4, -0.2) is 11.6 Å². The molecule has 0 aromatic carbocycles. The van der Waals surface area contributed by atoms with Gasteiger partial charge in [0.1, 0.15) is 5.60 Å². The lowest BCUT2D eigenvalue weighted by atomic mass is 9.95. The molecule has 1 atom stereocenters. The summed E-state index contributed by atoms with van der Waals surface area (Å²) in [4.78, 5) is 10.8. The Hall–Kier alpha value is -0.530. The normalized spacial score (nSPS) is 15.1. The van der Waals surface area contributed by atoms with Crippen LogP contribution in [0.3, 0.4) is 0 Å². The first-order valence-corrected chi connectivity index (χ1v) is 5.23. The van der Waals surface area contributed by atoms with Crippen molar-refractivity contribution in [3.63, 3.8) is 0 Å². The summed E-state index contributed by atoms with van der Waals surface area (Å²) >= 11 is 0. The summed E-state index contributed by atoms with van der Waals surface area (Å²) in [6, 6.07) is 0. The van der Waals surface area contributed by atoms with Crippen molar-refractivity contribution in [2.75, 3.05) is 0 Å². The number of unbranched alkanes of at least 4 members (excludes halogenated alkanes) is 2. The van der Waals surface area contributed by atoms with Gasteiger partial charge >= 0.3 is 5.97 Å². The van der Waals surface area contributed by atoms with Crippen molar-refractivity contribution in [2.45, 2.75) is 65.4 Å². The number of carbonyl (C=O) groups is 1. The quantitative estimate of drug-likeness (QED) is 0.470. The van der Waals surface area contributed by atoms with E-state index in [1.54, 1.807) is 0 Å². The molecule has 0 aliphatic rings. The molecule has 2 heteroatoms. The molecule has 0 saturated carbocycles. The van der Waals surface area contributed by atoms with Crippen molar-refractivity contribution in [3.05, 3.63) is 0 Å². The molecule has 0 aromatic rings. The topological polar surface area (TPSA) is 26.3 Å². The summed E-state index contributed by atoms with van der Waals surface area (Å²) < 4.78 is 5.29. The Balaban J connectivity index is 3.88. The molecule has 0 N–H and O–H groups in total. The van der Waals surface area contributed by atoms with Crippen molar-refractivity contribution < 1.29 is 9.53 Å². The standard InChI is InChI=1S/C11H22O2/c1-5-7-8-9-11(4,6-2)13-10(3)12/h5-9H2,1-4H3. The van der Waals surface area contributed by atoms with E-state index in [0.29, 0.717) is 0 Å². The molecule has 0 radical (unpaired) electrons. The molecule has 0 rings (SSSR count). The highest BCUT2D eigenvalue weighted by molar-refractivity contribution is 5.66. The first-order chi connectivity index (χ1) is 6.04. The molecular formula is C11H22O2. The molecule has 0 saturated heterocycles. The fourth-order valence-electron chi connectivity index (χ4n) is 1.40. The highest BCUT2D eigenvalue weighted by Crippen LogP contribution is 2.23. The minimum atomic E-state index is -0.235. The Kier molecular flexibility index (Phi) is 5.76. The van der Waals surface area contributed by atoms with Crippen LogP contribution in [0.2, 0.25) is 0 Å². The highest BCUT2D eigenvalue weighted by atomic mass is 16.6. The number of hydrogen-bond acceptors (Lipinski definition) is 2. The summed E-state index contributed by atoms with van der Waals surface area (Å²) in [6.07, 6.45) is 5.46. The highest BCUT2D eigenvalue weighted by Gasteiger charge is 2.24. The minimum absolute atomic E-state index is 0.166. The Morgan fingerprint density at radius 2 is 1.92 bits per heavy atom.